The second-order valence-corrected chi connectivity index (χ2v) is 7.55. The molecule has 1 amide bonds. The van der Waals surface area contributed by atoms with E-state index in [2.05, 4.69) is 12.2 Å². The molecule has 27 heavy (non-hydrogen) atoms. The van der Waals surface area contributed by atoms with Crippen molar-refractivity contribution in [1.82, 2.24) is 14.5 Å². The summed E-state index contributed by atoms with van der Waals surface area (Å²) >= 11 is 0. The third kappa shape index (κ3) is 4.15. The maximum Gasteiger partial charge on any atom is 0.331 e. The predicted molar refractivity (Wildman–Crippen MR) is 107 cm³/mol. The molecule has 0 radical (unpaired) electrons. The lowest BCUT2D eigenvalue weighted by Crippen LogP contribution is -2.46. The molecule has 0 atom stereocenters. The summed E-state index contributed by atoms with van der Waals surface area (Å²) in [6.45, 7) is 4.25. The van der Waals surface area contributed by atoms with Crippen molar-refractivity contribution in [3.05, 3.63) is 44.6 Å². The van der Waals surface area contributed by atoms with E-state index in [1.54, 1.807) is 4.57 Å². The topological polar surface area (TPSA) is 73.1 Å². The van der Waals surface area contributed by atoms with Gasteiger partial charge in [-0.15, -0.1) is 0 Å². The van der Waals surface area contributed by atoms with E-state index >= 15 is 0 Å². The van der Waals surface area contributed by atoms with Crippen molar-refractivity contribution in [2.24, 2.45) is 0 Å². The van der Waals surface area contributed by atoms with E-state index in [9.17, 15) is 14.4 Å². The number of aryl methyl sites for hydroxylation is 2. The molecule has 1 aromatic carbocycles. The number of rotatable bonds is 6. The molecule has 0 unspecified atom stereocenters. The molecule has 1 aliphatic carbocycles. The van der Waals surface area contributed by atoms with Gasteiger partial charge in [-0.3, -0.25) is 18.7 Å². The van der Waals surface area contributed by atoms with Crippen LogP contribution < -0.4 is 16.6 Å². The highest BCUT2D eigenvalue weighted by atomic mass is 16.2. The average molecular weight is 371 g/mol. The molecule has 1 aromatic heterocycles. The van der Waals surface area contributed by atoms with E-state index < -0.39 is 5.69 Å². The van der Waals surface area contributed by atoms with Crippen LogP contribution in [0.1, 0.15) is 57.4 Å². The lowest BCUT2D eigenvalue weighted by atomic mass is 9.95. The first-order valence-corrected chi connectivity index (χ1v) is 10.0. The number of amides is 1. The fourth-order valence-corrected chi connectivity index (χ4v) is 3.96. The Hall–Kier alpha value is -2.37. The average Bonchev–Trinajstić information content (AvgIpc) is 2.66. The van der Waals surface area contributed by atoms with Gasteiger partial charge in [-0.2, -0.15) is 0 Å². The number of fused-ring (bicyclic) bond motifs is 1. The van der Waals surface area contributed by atoms with Crippen LogP contribution in [0.4, 0.5) is 0 Å². The Morgan fingerprint density at radius 3 is 2.59 bits per heavy atom. The standard InChI is InChI=1S/C21H29N3O3/c1-3-4-13-23-17-12-8-9-15(2)19(17)20(26)24(21(23)27)14-18(25)22-16-10-6-5-7-11-16/h8-9,12,16H,3-7,10-11,13-14H2,1-2H3,(H,22,25). The molecule has 1 aliphatic rings. The summed E-state index contributed by atoms with van der Waals surface area (Å²) in [6, 6.07) is 5.70. The number of benzene rings is 1. The fourth-order valence-electron chi connectivity index (χ4n) is 3.96. The zero-order valence-corrected chi connectivity index (χ0v) is 16.3. The zero-order chi connectivity index (χ0) is 19.4. The van der Waals surface area contributed by atoms with Crippen LogP contribution in [0.3, 0.4) is 0 Å². The Kier molecular flexibility index (Phi) is 6.14. The number of aromatic nitrogens is 2. The second kappa shape index (κ2) is 8.55. The molecule has 0 saturated heterocycles. The lowest BCUT2D eigenvalue weighted by Gasteiger charge is -2.23. The lowest BCUT2D eigenvalue weighted by molar-refractivity contribution is -0.122. The zero-order valence-electron chi connectivity index (χ0n) is 16.3. The number of carbonyl (C=O) groups is 1. The summed E-state index contributed by atoms with van der Waals surface area (Å²) in [5.74, 6) is -0.254. The Bertz CT molecular complexity index is 936. The van der Waals surface area contributed by atoms with Crippen molar-refractivity contribution >= 4 is 16.8 Å². The quantitative estimate of drug-likeness (QED) is 0.848. The van der Waals surface area contributed by atoms with Crippen LogP contribution in [0.15, 0.2) is 27.8 Å². The van der Waals surface area contributed by atoms with E-state index in [4.69, 9.17) is 0 Å². The fraction of sp³-hybridized carbons (Fsp3) is 0.571. The van der Waals surface area contributed by atoms with E-state index in [0.717, 1.165) is 48.7 Å². The van der Waals surface area contributed by atoms with Crippen molar-refractivity contribution in [2.75, 3.05) is 0 Å². The van der Waals surface area contributed by atoms with Crippen molar-refractivity contribution < 1.29 is 4.79 Å². The molecular weight excluding hydrogens is 342 g/mol. The molecule has 146 valence electrons. The van der Waals surface area contributed by atoms with Gasteiger partial charge in [0.1, 0.15) is 6.54 Å². The molecule has 1 heterocycles. The number of carbonyl (C=O) groups excluding carboxylic acids is 1. The van der Waals surface area contributed by atoms with Gasteiger partial charge >= 0.3 is 5.69 Å². The molecule has 1 saturated carbocycles. The van der Waals surface area contributed by atoms with Crippen LogP contribution in [0.5, 0.6) is 0 Å². The van der Waals surface area contributed by atoms with Crippen LogP contribution in [0.25, 0.3) is 10.9 Å². The monoisotopic (exact) mass is 371 g/mol. The van der Waals surface area contributed by atoms with Crippen LogP contribution in [-0.2, 0) is 17.9 Å². The SMILES string of the molecule is CCCCn1c(=O)n(CC(=O)NC2CCCCC2)c(=O)c2c(C)cccc21. The van der Waals surface area contributed by atoms with Crippen molar-refractivity contribution in [1.29, 1.82) is 0 Å². The molecule has 0 aliphatic heterocycles. The molecule has 6 nitrogen and oxygen atoms in total. The van der Waals surface area contributed by atoms with Gasteiger partial charge in [-0.1, -0.05) is 44.7 Å². The van der Waals surface area contributed by atoms with E-state index in [1.807, 2.05) is 25.1 Å². The van der Waals surface area contributed by atoms with Crippen LogP contribution in [0.2, 0.25) is 0 Å². The van der Waals surface area contributed by atoms with Crippen molar-refractivity contribution in [3.63, 3.8) is 0 Å². The largest absolute Gasteiger partial charge is 0.352 e. The first-order chi connectivity index (χ1) is 13.0. The summed E-state index contributed by atoms with van der Waals surface area (Å²) in [4.78, 5) is 38.5. The number of unbranched alkanes of at least 4 members (excludes halogenated alkanes) is 1. The highest BCUT2D eigenvalue weighted by molar-refractivity contribution is 5.82. The van der Waals surface area contributed by atoms with Gasteiger partial charge in [0.25, 0.3) is 5.56 Å². The maximum absolute atomic E-state index is 13.0. The normalized spacial score (nSPS) is 15.2. The van der Waals surface area contributed by atoms with Gasteiger partial charge in [-0.05, 0) is 37.8 Å². The van der Waals surface area contributed by atoms with Crippen molar-refractivity contribution in [3.8, 4) is 0 Å². The van der Waals surface area contributed by atoms with Crippen LogP contribution in [0, 0.1) is 6.92 Å². The van der Waals surface area contributed by atoms with Gasteiger partial charge < -0.3 is 5.32 Å². The summed E-state index contributed by atoms with van der Waals surface area (Å²) in [6.07, 6.45) is 7.17. The second-order valence-electron chi connectivity index (χ2n) is 7.55. The summed E-state index contributed by atoms with van der Waals surface area (Å²) in [5, 5.41) is 3.53. The summed E-state index contributed by atoms with van der Waals surface area (Å²) in [5.41, 5.74) is 0.705. The third-order valence-corrected chi connectivity index (χ3v) is 5.47. The van der Waals surface area contributed by atoms with Crippen LogP contribution >= 0.6 is 0 Å². The molecule has 0 spiro atoms. The number of nitrogens with zero attached hydrogens (tertiary/aromatic N) is 2. The molecular formula is C21H29N3O3. The van der Waals surface area contributed by atoms with Gasteiger partial charge in [0.15, 0.2) is 0 Å². The Balaban J connectivity index is 1.98. The third-order valence-electron chi connectivity index (χ3n) is 5.47. The van der Waals surface area contributed by atoms with Gasteiger partial charge in [-0.25, -0.2) is 4.79 Å². The molecule has 6 heteroatoms. The van der Waals surface area contributed by atoms with Gasteiger partial charge in [0, 0.05) is 12.6 Å². The molecule has 2 aromatic rings. The van der Waals surface area contributed by atoms with Gasteiger partial charge in [0.2, 0.25) is 5.91 Å². The van der Waals surface area contributed by atoms with E-state index in [-0.39, 0.29) is 24.1 Å². The Labute approximate surface area is 159 Å². The molecule has 1 N–H and O–H groups in total. The molecule has 3 rings (SSSR count). The van der Waals surface area contributed by atoms with Crippen LogP contribution in [-0.4, -0.2) is 21.1 Å². The molecule has 0 bridgehead atoms. The number of nitrogens with one attached hydrogen (secondary N) is 1. The van der Waals surface area contributed by atoms with E-state index in [0.29, 0.717) is 17.4 Å². The maximum atomic E-state index is 13.0. The van der Waals surface area contributed by atoms with Crippen molar-refractivity contribution in [2.45, 2.75) is 77.9 Å². The molecule has 1 fully saturated rings. The predicted octanol–water partition coefficient (Wildman–Crippen LogP) is 2.72. The minimum atomic E-state index is -0.398. The Morgan fingerprint density at radius 2 is 1.89 bits per heavy atom. The first kappa shape index (κ1) is 19.4. The smallest absolute Gasteiger partial charge is 0.331 e. The number of hydrogen-bond donors (Lipinski definition) is 1. The summed E-state index contributed by atoms with van der Waals surface area (Å²) < 4.78 is 2.74. The summed E-state index contributed by atoms with van der Waals surface area (Å²) in [7, 11) is 0. The minimum absolute atomic E-state index is 0.159. The highest BCUT2D eigenvalue weighted by Crippen LogP contribution is 2.17. The van der Waals surface area contributed by atoms with E-state index in [1.165, 1.54) is 6.42 Å². The Morgan fingerprint density at radius 1 is 1.15 bits per heavy atom. The van der Waals surface area contributed by atoms with Gasteiger partial charge in [0.05, 0.1) is 10.9 Å². The minimum Gasteiger partial charge on any atom is -0.352 e. The first-order valence-electron chi connectivity index (χ1n) is 10.0. The highest BCUT2D eigenvalue weighted by Gasteiger charge is 2.19. The number of hydrogen-bond acceptors (Lipinski definition) is 3.